The van der Waals surface area contributed by atoms with Crippen molar-refractivity contribution in [1.29, 1.82) is 0 Å². The standard InChI is InChI=1S/C28H44N2O5/c1-18(2)14-23(30(25(32)33)26(4,5)6)28(24(31)34-27(7,8)35-28)16-22-15-21(19(3)17-29-22)11-9-10-20-12-13-20/h15,17-18,20,23H,9-14,16H2,1-8H3,(H,32,33)/t23?,28-/m1/s1. The highest BCUT2D eigenvalue weighted by molar-refractivity contribution is 5.84. The van der Waals surface area contributed by atoms with E-state index in [1.54, 1.807) is 13.8 Å². The van der Waals surface area contributed by atoms with Crippen LogP contribution < -0.4 is 0 Å². The van der Waals surface area contributed by atoms with E-state index in [1.165, 1.54) is 29.7 Å². The number of carbonyl (C=O) groups is 2. The number of nitrogens with zero attached hydrogens (tertiary/aromatic N) is 2. The Kier molecular flexibility index (Phi) is 7.90. The second-order valence-electron chi connectivity index (χ2n) is 12.4. The first-order valence-electron chi connectivity index (χ1n) is 13.0. The number of cyclic esters (lactones) is 1. The van der Waals surface area contributed by atoms with Gasteiger partial charge in [0.05, 0.1) is 6.04 Å². The van der Waals surface area contributed by atoms with Crippen LogP contribution in [0.4, 0.5) is 4.79 Å². The summed E-state index contributed by atoms with van der Waals surface area (Å²) >= 11 is 0. The molecule has 35 heavy (non-hydrogen) atoms. The third-order valence-electron chi connectivity index (χ3n) is 7.06. The van der Waals surface area contributed by atoms with Gasteiger partial charge in [0.1, 0.15) is 0 Å². The minimum absolute atomic E-state index is 0.130. The Labute approximate surface area is 210 Å². The van der Waals surface area contributed by atoms with Gasteiger partial charge in [-0.2, -0.15) is 0 Å². The monoisotopic (exact) mass is 488 g/mol. The lowest BCUT2D eigenvalue weighted by atomic mass is 9.80. The second-order valence-corrected chi connectivity index (χ2v) is 12.4. The summed E-state index contributed by atoms with van der Waals surface area (Å²) in [6, 6.07) is 1.33. The Morgan fingerprint density at radius 1 is 1.29 bits per heavy atom. The number of hydrogen-bond donors (Lipinski definition) is 1. The van der Waals surface area contributed by atoms with Crippen LogP contribution in [0.1, 0.15) is 97.4 Å². The van der Waals surface area contributed by atoms with Gasteiger partial charge in [0.2, 0.25) is 5.79 Å². The highest BCUT2D eigenvalue weighted by atomic mass is 16.8. The van der Waals surface area contributed by atoms with Crippen LogP contribution >= 0.6 is 0 Å². The Morgan fingerprint density at radius 3 is 2.43 bits per heavy atom. The third kappa shape index (κ3) is 6.54. The molecule has 1 saturated carbocycles. The highest BCUT2D eigenvalue weighted by Gasteiger charge is 2.62. The molecule has 0 radical (unpaired) electrons. The molecule has 3 rings (SSSR count). The maximum atomic E-state index is 13.6. The van der Waals surface area contributed by atoms with Crippen molar-refractivity contribution in [3.63, 3.8) is 0 Å². The van der Waals surface area contributed by atoms with Crippen molar-refractivity contribution in [2.75, 3.05) is 0 Å². The van der Waals surface area contributed by atoms with E-state index in [2.05, 4.69) is 18.0 Å². The normalized spacial score (nSPS) is 22.8. The fourth-order valence-electron chi connectivity index (χ4n) is 5.32. The Morgan fingerprint density at radius 2 is 1.94 bits per heavy atom. The first kappa shape index (κ1) is 27.4. The summed E-state index contributed by atoms with van der Waals surface area (Å²) in [5.41, 5.74) is 0.841. The van der Waals surface area contributed by atoms with Crippen LogP contribution in [-0.4, -0.2) is 50.0 Å². The summed E-state index contributed by atoms with van der Waals surface area (Å²) in [4.78, 5) is 32.2. The number of carbonyl (C=O) groups excluding carboxylic acids is 1. The van der Waals surface area contributed by atoms with Crippen LogP contribution in [0.5, 0.6) is 0 Å². The molecule has 1 unspecified atom stereocenters. The number of amides is 1. The van der Waals surface area contributed by atoms with Crippen molar-refractivity contribution in [1.82, 2.24) is 9.88 Å². The number of ether oxygens (including phenoxy) is 2. The molecule has 2 aliphatic rings. The van der Waals surface area contributed by atoms with Crippen molar-refractivity contribution >= 4 is 12.1 Å². The molecule has 2 heterocycles. The van der Waals surface area contributed by atoms with Crippen molar-refractivity contribution in [2.45, 2.75) is 123 Å². The fourth-order valence-corrected chi connectivity index (χ4v) is 5.32. The summed E-state index contributed by atoms with van der Waals surface area (Å²) in [5.74, 6) is -0.668. The number of hydrogen-bond acceptors (Lipinski definition) is 5. The highest BCUT2D eigenvalue weighted by Crippen LogP contribution is 2.43. The Balaban J connectivity index is 2.03. The lowest BCUT2D eigenvalue weighted by Crippen LogP contribution is -2.64. The van der Waals surface area contributed by atoms with Crippen LogP contribution in [0.25, 0.3) is 0 Å². The molecule has 196 valence electrons. The van der Waals surface area contributed by atoms with Crippen LogP contribution in [0.15, 0.2) is 12.3 Å². The van der Waals surface area contributed by atoms with Crippen molar-refractivity contribution in [3.8, 4) is 0 Å². The summed E-state index contributed by atoms with van der Waals surface area (Å²) < 4.78 is 12.1. The molecule has 7 heteroatoms. The molecule has 2 fully saturated rings. The summed E-state index contributed by atoms with van der Waals surface area (Å²) in [6.45, 7) is 15.0. The SMILES string of the molecule is Cc1cnc(C[C@]2(C(CC(C)C)N(C(=O)O)C(C)(C)C)OC(C)(C)OC2=O)cc1CCCC1CC1. The molecular weight excluding hydrogens is 444 g/mol. The van der Waals surface area contributed by atoms with Gasteiger partial charge in [0, 0.05) is 37.7 Å². The lowest BCUT2D eigenvalue weighted by Gasteiger charge is -2.46. The van der Waals surface area contributed by atoms with Crippen molar-refractivity contribution in [2.24, 2.45) is 11.8 Å². The van der Waals surface area contributed by atoms with Gasteiger partial charge in [0.15, 0.2) is 5.60 Å². The zero-order valence-corrected chi connectivity index (χ0v) is 22.8. The molecule has 0 bridgehead atoms. The van der Waals surface area contributed by atoms with Crippen LogP contribution in [0.3, 0.4) is 0 Å². The fraction of sp³-hybridized carbons (Fsp3) is 0.750. The van der Waals surface area contributed by atoms with E-state index in [9.17, 15) is 14.7 Å². The number of pyridine rings is 1. The topological polar surface area (TPSA) is 89.0 Å². The molecule has 1 saturated heterocycles. The molecule has 0 aromatic carbocycles. The van der Waals surface area contributed by atoms with E-state index in [4.69, 9.17) is 9.47 Å². The average Bonchev–Trinajstić information content (AvgIpc) is 3.47. The van der Waals surface area contributed by atoms with Gasteiger partial charge >= 0.3 is 12.1 Å². The van der Waals surface area contributed by atoms with Gasteiger partial charge in [-0.3, -0.25) is 9.88 Å². The molecule has 1 aromatic heterocycles. The van der Waals surface area contributed by atoms with Gasteiger partial charge in [-0.05, 0) is 76.0 Å². The minimum Gasteiger partial charge on any atom is -0.465 e. The Hall–Kier alpha value is -2.15. The van der Waals surface area contributed by atoms with E-state index in [-0.39, 0.29) is 12.3 Å². The molecule has 1 aliphatic heterocycles. The van der Waals surface area contributed by atoms with Crippen molar-refractivity contribution < 1.29 is 24.2 Å². The number of aryl methyl sites for hydroxylation is 2. The quantitative estimate of drug-likeness (QED) is 0.412. The maximum absolute atomic E-state index is 13.6. The first-order chi connectivity index (χ1) is 16.1. The predicted octanol–water partition coefficient (Wildman–Crippen LogP) is 5.91. The molecule has 1 aromatic rings. The van der Waals surface area contributed by atoms with Gasteiger partial charge in [-0.25, -0.2) is 9.59 Å². The smallest absolute Gasteiger partial charge is 0.408 e. The van der Waals surface area contributed by atoms with E-state index in [0.717, 1.165) is 30.0 Å². The van der Waals surface area contributed by atoms with E-state index in [1.807, 2.05) is 40.8 Å². The minimum atomic E-state index is -1.49. The van der Waals surface area contributed by atoms with Gasteiger partial charge in [-0.15, -0.1) is 0 Å². The van der Waals surface area contributed by atoms with Gasteiger partial charge in [0.25, 0.3) is 0 Å². The zero-order chi connectivity index (χ0) is 26.2. The molecule has 1 aliphatic carbocycles. The van der Waals surface area contributed by atoms with Crippen LogP contribution in [0.2, 0.25) is 0 Å². The molecule has 1 amide bonds. The van der Waals surface area contributed by atoms with Gasteiger partial charge < -0.3 is 14.6 Å². The molecule has 2 atom stereocenters. The van der Waals surface area contributed by atoms with Crippen molar-refractivity contribution in [3.05, 3.63) is 29.1 Å². The summed E-state index contributed by atoms with van der Waals surface area (Å²) in [5, 5.41) is 10.3. The summed E-state index contributed by atoms with van der Waals surface area (Å²) in [6.07, 6.45) is 7.45. The number of carboxylic acid groups (broad SMARTS) is 1. The predicted molar refractivity (Wildman–Crippen MR) is 135 cm³/mol. The number of esters is 1. The second kappa shape index (κ2) is 10.1. The molecule has 1 N–H and O–H groups in total. The average molecular weight is 489 g/mol. The first-order valence-corrected chi connectivity index (χ1v) is 13.0. The molecular formula is C28H44N2O5. The third-order valence-corrected chi connectivity index (χ3v) is 7.06. The van der Waals surface area contributed by atoms with Gasteiger partial charge in [-0.1, -0.05) is 33.1 Å². The number of aromatic nitrogens is 1. The van der Waals surface area contributed by atoms with E-state index in [0.29, 0.717) is 6.42 Å². The largest absolute Gasteiger partial charge is 0.465 e. The van der Waals surface area contributed by atoms with Crippen LogP contribution in [-0.2, 0) is 27.1 Å². The zero-order valence-electron chi connectivity index (χ0n) is 22.8. The van der Waals surface area contributed by atoms with E-state index < -0.39 is 35.0 Å². The van der Waals surface area contributed by atoms with E-state index >= 15 is 0 Å². The number of rotatable bonds is 10. The molecule has 7 nitrogen and oxygen atoms in total. The Bertz CT molecular complexity index is 932. The van der Waals surface area contributed by atoms with Crippen LogP contribution in [0, 0.1) is 18.8 Å². The lowest BCUT2D eigenvalue weighted by molar-refractivity contribution is -0.180. The maximum Gasteiger partial charge on any atom is 0.408 e. The molecule has 0 spiro atoms. The summed E-state index contributed by atoms with van der Waals surface area (Å²) in [7, 11) is 0.